The maximum atomic E-state index is 12.4. The predicted octanol–water partition coefficient (Wildman–Crippen LogP) is 1.05. The van der Waals surface area contributed by atoms with Gasteiger partial charge in [-0.15, -0.1) is 0 Å². The van der Waals surface area contributed by atoms with Crippen LogP contribution in [0.3, 0.4) is 0 Å². The first kappa shape index (κ1) is 15.7. The molecule has 0 aromatic heterocycles. The lowest BCUT2D eigenvalue weighted by atomic mass is 10.0. The summed E-state index contributed by atoms with van der Waals surface area (Å²) in [6.45, 7) is 8.62. The normalized spacial score (nSPS) is 30.1. The number of nitrogens with one attached hydrogen (secondary N) is 1. The van der Waals surface area contributed by atoms with Gasteiger partial charge in [-0.05, 0) is 23.7 Å². The number of carboxylic acids is 1. The van der Waals surface area contributed by atoms with Crippen LogP contribution in [0.2, 0.25) is 0 Å². The van der Waals surface area contributed by atoms with Crippen LogP contribution in [-0.4, -0.2) is 42.9 Å². The van der Waals surface area contributed by atoms with Gasteiger partial charge >= 0.3 is 5.97 Å². The van der Waals surface area contributed by atoms with Gasteiger partial charge in [-0.1, -0.05) is 27.7 Å². The third kappa shape index (κ3) is 2.46. The van der Waals surface area contributed by atoms with Gasteiger partial charge < -0.3 is 5.11 Å². The first-order valence-electron chi connectivity index (χ1n) is 7.00. The van der Waals surface area contributed by atoms with E-state index in [1.165, 1.54) is 4.31 Å². The molecule has 0 aromatic rings. The van der Waals surface area contributed by atoms with Crippen LogP contribution in [0.4, 0.5) is 0 Å². The molecule has 2 fully saturated rings. The Morgan fingerprint density at radius 2 is 1.80 bits per heavy atom. The highest BCUT2D eigenvalue weighted by Crippen LogP contribution is 2.62. The lowest BCUT2D eigenvalue weighted by molar-refractivity contribution is -0.142. The summed E-state index contributed by atoms with van der Waals surface area (Å²) in [5, 5.41) is 9.04. The van der Waals surface area contributed by atoms with E-state index in [2.05, 4.69) is 4.72 Å². The minimum absolute atomic E-state index is 0.0677. The highest BCUT2D eigenvalue weighted by molar-refractivity contribution is 7.87. The molecular formula is C13H24N2O4S. The minimum atomic E-state index is -3.61. The number of hydrogen-bond donors (Lipinski definition) is 2. The molecule has 2 rings (SSSR count). The van der Waals surface area contributed by atoms with Gasteiger partial charge in [-0.3, -0.25) is 4.79 Å². The van der Waals surface area contributed by atoms with Gasteiger partial charge in [0, 0.05) is 19.1 Å². The van der Waals surface area contributed by atoms with Crippen LogP contribution >= 0.6 is 0 Å². The summed E-state index contributed by atoms with van der Waals surface area (Å²) >= 11 is 0. The first-order valence-corrected chi connectivity index (χ1v) is 8.44. The second kappa shape index (κ2) is 4.68. The summed E-state index contributed by atoms with van der Waals surface area (Å²) < 4.78 is 28.8. The topological polar surface area (TPSA) is 86.7 Å². The van der Waals surface area contributed by atoms with Crippen LogP contribution in [-0.2, 0) is 15.0 Å². The number of carbonyl (C=O) groups is 1. The van der Waals surface area contributed by atoms with E-state index in [1.54, 1.807) is 0 Å². The third-order valence-electron chi connectivity index (χ3n) is 5.36. The second-order valence-electron chi connectivity index (χ2n) is 7.03. The van der Waals surface area contributed by atoms with Crippen molar-refractivity contribution in [1.29, 1.82) is 0 Å². The van der Waals surface area contributed by atoms with Crippen LogP contribution in [0.1, 0.15) is 40.5 Å². The van der Waals surface area contributed by atoms with E-state index in [0.29, 0.717) is 19.4 Å². The van der Waals surface area contributed by atoms with Crippen molar-refractivity contribution < 1.29 is 18.3 Å². The quantitative estimate of drug-likeness (QED) is 0.813. The maximum Gasteiger partial charge on any atom is 0.307 e. The van der Waals surface area contributed by atoms with Crippen molar-refractivity contribution >= 4 is 16.2 Å². The lowest BCUT2D eigenvalue weighted by Crippen LogP contribution is -2.48. The van der Waals surface area contributed by atoms with Gasteiger partial charge in [-0.25, -0.2) is 0 Å². The summed E-state index contributed by atoms with van der Waals surface area (Å²) in [6.07, 6.45) is 1.14. The van der Waals surface area contributed by atoms with Gasteiger partial charge in [0.15, 0.2) is 0 Å². The average molecular weight is 304 g/mol. The summed E-state index contributed by atoms with van der Waals surface area (Å²) in [5.41, 5.74) is -0.163. The summed E-state index contributed by atoms with van der Waals surface area (Å²) in [7, 11) is -3.61. The fraction of sp³-hybridized carbons (Fsp3) is 0.923. The van der Waals surface area contributed by atoms with Crippen molar-refractivity contribution in [2.45, 2.75) is 46.6 Å². The molecule has 20 heavy (non-hydrogen) atoms. The molecule has 1 atom stereocenters. The van der Waals surface area contributed by atoms with Crippen LogP contribution in [0.15, 0.2) is 0 Å². The minimum Gasteiger partial charge on any atom is -0.481 e. The van der Waals surface area contributed by atoms with Gasteiger partial charge in [0.1, 0.15) is 0 Å². The summed E-state index contributed by atoms with van der Waals surface area (Å²) in [6, 6.07) is -0.106. The van der Waals surface area contributed by atoms with Gasteiger partial charge in [0.05, 0.1) is 5.92 Å². The molecule has 0 radical (unpaired) electrons. The molecule has 1 aliphatic heterocycles. The van der Waals surface area contributed by atoms with Crippen molar-refractivity contribution in [3.05, 3.63) is 0 Å². The van der Waals surface area contributed by atoms with E-state index in [0.717, 1.165) is 0 Å². The maximum absolute atomic E-state index is 12.4. The van der Waals surface area contributed by atoms with E-state index < -0.39 is 22.1 Å². The number of hydrogen-bond acceptors (Lipinski definition) is 3. The molecule has 7 heteroatoms. The van der Waals surface area contributed by atoms with Gasteiger partial charge in [0.25, 0.3) is 10.2 Å². The van der Waals surface area contributed by atoms with Crippen LogP contribution in [0.5, 0.6) is 0 Å². The Kier molecular flexibility index (Phi) is 3.68. The van der Waals surface area contributed by atoms with Crippen molar-refractivity contribution in [3.63, 3.8) is 0 Å². The van der Waals surface area contributed by atoms with Crippen molar-refractivity contribution in [2.75, 3.05) is 13.1 Å². The van der Waals surface area contributed by atoms with Crippen LogP contribution in [0.25, 0.3) is 0 Å². The molecule has 0 bridgehead atoms. The Labute approximate surface area is 120 Å². The Hall–Kier alpha value is -0.660. The average Bonchev–Trinajstić information content (AvgIpc) is 2.71. The molecule has 2 aliphatic rings. The summed E-state index contributed by atoms with van der Waals surface area (Å²) in [4.78, 5) is 11.0. The zero-order chi connectivity index (χ0) is 15.3. The number of nitrogens with zero attached hydrogens (tertiary/aromatic N) is 1. The molecule has 0 spiro atoms. The highest BCUT2D eigenvalue weighted by Gasteiger charge is 2.66. The van der Waals surface area contributed by atoms with Gasteiger partial charge in [0.2, 0.25) is 0 Å². The molecule has 6 nitrogen and oxygen atoms in total. The fourth-order valence-electron chi connectivity index (χ4n) is 3.08. The Balaban J connectivity index is 2.06. The molecule has 116 valence electrons. The molecule has 1 saturated carbocycles. The number of piperidine rings is 1. The molecule has 0 aromatic carbocycles. The highest BCUT2D eigenvalue weighted by atomic mass is 32.2. The Bertz CT molecular complexity index is 498. The van der Waals surface area contributed by atoms with E-state index in [4.69, 9.17) is 5.11 Å². The van der Waals surface area contributed by atoms with Crippen molar-refractivity contribution in [1.82, 2.24) is 9.03 Å². The molecule has 0 amide bonds. The third-order valence-corrected chi connectivity index (χ3v) is 6.91. The molecule has 2 N–H and O–H groups in total. The van der Waals surface area contributed by atoms with Crippen LogP contribution in [0, 0.1) is 16.7 Å². The Morgan fingerprint density at radius 3 is 2.25 bits per heavy atom. The molecule has 1 heterocycles. The van der Waals surface area contributed by atoms with E-state index in [1.807, 2.05) is 27.7 Å². The standard InChI is InChI=1S/C13H24N2O4S/c1-12(2)11(13(12,3)4)14-20(18,19)15-7-5-6-9(8-15)10(16)17/h9,11,14H,5-8H2,1-4H3,(H,16,17). The number of carboxylic acid groups (broad SMARTS) is 1. The van der Waals surface area contributed by atoms with Gasteiger partial charge in [-0.2, -0.15) is 17.4 Å². The molecular weight excluding hydrogens is 280 g/mol. The number of aliphatic carboxylic acids is 1. The van der Waals surface area contributed by atoms with Crippen molar-refractivity contribution in [3.8, 4) is 0 Å². The van der Waals surface area contributed by atoms with Crippen molar-refractivity contribution in [2.24, 2.45) is 16.7 Å². The molecule has 1 aliphatic carbocycles. The Morgan fingerprint density at radius 1 is 1.25 bits per heavy atom. The van der Waals surface area contributed by atoms with E-state index in [-0.39, 0.29) is 23.4 Å². The van der Waals surface area contributed by atoms with E-state index in [9.17, 15) is 13.2 Å². The fourth-order valence-corrected chi connectivity index (χ4v) is 4.86. The number of rotatable bonds is 4. The van der Waals surface area contributed by atoms with Crippen LogP contribution < -0.4 is 4.72 Å². The first-order chi connectivity index (χ1) is 9.00. The van der Waals surface area contributed by atoms with E-state index >= 15 is 0 Å². The molecule has 1 saturated heterocycles. The summed E-state index contributed by atoms with van der Waals surface area (Å²) in [5.74, 6) is -1.52. The smallest absolute Gasteiger partial charge is 0.307 e. The predicted molar refractivity (Wildman–Crippen MR) is 75.3 cm³/mol. The largest absolute Gasteiger partial charge is 0.481 e. The SMILES string of the molecule is CC1(C)C(NS(=O)(=O)N2CCCC(C(=O)O)C2)C1(C)C. The zero-order valence-corrected chi connectivity index (χ0v) is 13.3. The molecule has 1 unspecified atom stereocenters. The monoisotopic (exact) mass is 304 g/mol. The second-order valence-corrected chi connectivity index (χ2v) is 8.74. The zero-order valence-electron chi connectivity index (χ0n) is 12.5. The lowest BCUT2D eigenvalue weighted by Gasteiger charge is -2.30.